The second-order valence-corrected chi connectivity index (χ2v) is 7.84. The second kappa shape index (κ2) is 8.26. The summed E-state index contributed by atoms with van der Waals surface area (Å²) in [6.45, 7) is 1.04. The molecule has 34 heavy (non-hydrogen) atoms. The van der Waals surface area contributed by atoms with Crippen molar-refractivity contribution in [1.29, 1.82) is 5.26 Å². The average Bonchev–Trinajstić information content (AvgIpc) is 3.52. The minimum Gasteiger partial charge on any atom is -0.486 e. The molecular weight excluding hydrogens is 426 g/mol. The van der Waals surface area contributed by atoms with Gasteiger partial charge in [-0.25, -0.2) is 9.67 Å². The lowest BCUT2D eigenvalue weighted by atomic mass is 10.1. The Hall–Kier alpha value is -4.83. The fourth-order valence-electron chi connectivity index (χ4n) is 4.01. The van der Waals surface area contributed by atoms with Gasteiger partial charge in [-0.1, -0.05) is 30.3 Å². The molecule has 0 bridgehead atoms. The molecule has 3 aromatic carbocycles. The minimum atomic E-state index is 0.419. The van der Waals surface area contributed by atoms with Gasteiger partial charge in [-0.2, -0.15) is 10.4 Å². The van der Waals surface area contributed by atoms with Gasteiger partial charge in [0.25, 0.3) is 0 Å². The molecule has 6 rings (SSSR count). The molecule has 1 aliphatic heterocycles. The summed E-state index contributed by atoms with van der Waals surface area (Å²) in [5.41, 5.74) is 5.41. The van der Waals surface area contributed by atoms with E-state index >= 15 is 0 Å². The van der Waals surface area contributed by atoms with Gasteiger partial charge in [0.15, 0.2) is 11.5 Å². The molecule has 5 aromatic rings. The first-order valence-corrected chi connectivity index (χ1v) is 10.9. The maximum absolute atomic E-state index is 9.97. The first-order chi connectivity index (χ1) is 16.8. The molecule has 2 aromatic heterocycles. The lowest BCUT2D eigenvalue weighted by molar-refractivity contribution is 0.171. The van der Waals surface area contributed by atoms with Crippen LogP contribution in [0.4, 0.5) is 0 Å². The Bertz CT molecular complexity index is 1540. The van der Waals surface area contributed by atoms with Crippen molar-refractivity contribution in [2.45, 2.75) is 0 Å². The normalized spacial score (nSPS) is 13.1. The molecule has 1 N–H and O–H groups in total. The van der Waals surface area contributed by atoms with Crippen LogP contribution in [0.2, 0.25) is 0 Å². The first-order valence-electron chi connectivity index (χ1n) is 10.9. The maximum Gasteiger partial charge on any atom is 0.162 e. The van der Waals surface area contributed by atoms with E-state index in [4.69, 9.17) is 14.6 Å². The number of hydrogen-bond acceptors (Lipinski definition) is 5. The number of benzene rings is 3. The van der Waals surface area contributed by atoms with E-state index in [0.717, 1.165) is 39.3 Å². The minimum absolute atomic E-state index is 0.419. The van der Waals surface area contributed by atoms with E-state index in [0.29, 0.717) is 30.4 Å². The number of nitriles is 1. The van der Waals surface area contributed by atoms with Gasteiger partial charge in [0, 0.05) is 17.3 Å². The standard InChI is InChI=1S/C27H19N5O2/c28-16-19(27-29-22-8-4-5-9-23(22)30-27)14-20-17-32(21-6-2-1-3-7-21)31-26(20)18-10-11-24-25(15-18)34-13-12-33-24/h1-11,14-15,17H,12-13H2,(H,29,30). The zero-order valence-corrected chi connectivity index (χ0v) is 18.1. The van der Waals surface area contributed by atoms with Gasteiger partial charge in [0.05, 0.1) is 22.3 Å². The number of nitrogens with zero attached hydrogens (tertiary/aromatic N) is 4. The number of fused-ring (bicyclic) bond motifs is 2. The molecule has 164 valence electrons. The summed E-state index contributed by atoms with van der Waals surface area (Å²) in [4.78, 5) is 7.83. The number of allylic oxidation sites excluding steroid dienone is 1. The lowest BCUT2D eigenvalue weighted by Gasteiger charge is -2.18. The van der Waals surface area contributed by atoms with Crippen LogP contribution in [0.15, 0.2) is 79.0 Å². The average molecular weight is 445 g/mol. The van der Waals surface area contributed by atoms with Crippen molar-refractivity contribution in [3.63, 3.8) is 0 Å². The fraction of sp³-hybridized carbons (Fsp3) is 0.0741. The van der Waals surface area contributed by atoms with E-state index in [1.807, 2.05) is 89.8 Å². The molecule has 0 amide bonds. The highest BCUT2D eigenvalue weighted by molar-refractivity contribution is 5.92. The van der Waals surface area contributed by atoms with E-state index in [1.165, 1.54) is 0 Å². The van der Waals surface area contributed by atoms with Crippen molar-refractivity contribution in [2.24, 2.45) is 0 Å². The Balaban J connectivity index is 1.50. The maximum atomic E-state index is 9.97. The van der Waals surface area contributed by atoms with Gasteiger partial charge < -0.3 is 14.5 Å². The number of ether oxygens (including phenoxy) is 2. The molecule has 0 saturated carbocycles. The van der Waals surface area contributed by atoms with Crippen LogP contribution in [-0.4, -0.2) is 33.0 Å². The molecule has 1 aliphatic rings. The molecule has 0 unspecified atom stereocenters. The van der Waals surface area contributed by atoms with Crippen LogP contribution < -0.4 is 9.47 Å². The predicted molar refractivity (Wildman–Crippen MR) is 130 cm³/mol. The first kappa shape index (κ1) is 19.8. The number of para-hydroxylation sites is 3. The van der Waals surface area contributed by atoms with Crippen LogP contribution in [0.3, 0.4) is 0 Å². The van der Waals surface area contributed by atoms with Crippen LogP contribution in [0.25, 0.3) is 39.6 Å². The highest BCUT2D eigenvalue weighted by Crippen LogP contribution is 2.36. The Morgan fingerprint density at radius 2 is 1.76 bits per heavy atom. The van der Waals surface area contributed by atoms with Gasteiger partial charge in [-0.15, -0.1) is 0 Å². The third-order valence-corrected chi connectivity index (χ3v) is 5.64. The third kappa shape index (κ3) is 3.57. The molecule has 0 spiro atoms. The Morgan fingerprint density at radius 1 is 0.971 bits per heavy atom. The van der Waals surface area contributed by atoms with Crippen LogP contribution >= 0.6 is 0 Å². The highest BCUT2D eigenvalue weighted by Gasteiger charge is 2.18. The van der Waals surface area contributed by atoms with Crippen molar-refractivity contribution < 1.29 is 9.47 Å². The summed E-state index contributed by atoms with van der Waals surface area (Å²) in [6.07, 6.45) is 3.73. The quantitative estimate of drug-likeness (QED) is 0.382. The lowest BCUT2D eigenvalue weighted by Crippen LogP contribution is -2.15. The molecular formula is C27H19N5O2. The number of aromatic nitrogens is 4. The molecule has 0 fully saturated rings. The Labute approximate surface area is 195 Å². The Kier molecular flexibility index (Phi) is 4.82. The molecule has 0 aliphatic carbocycles. The van der Waals surface area contributed by atoms with Gasteiger partial charge in [-0.05, 0) is 48.5 Å². The van der Waals surface area contributed by atoms with Gasteiger partial charge in [0.2, 0.25) is 0 Å². The number of imidazole rings is 1. The van der Waals surface area contributed by atoms with E-state index in [2.05, 4.69) is 16.0 Å². The van der Waals surface area contributed by atoms with E-state index < -0.39 is 0 Å². The fourth-order valence-corrected chi connectivity index (χ4v) is 4.01. The highest BCUT2D eigenvalue weighted by atomic mass is 16.6. The zero-order valence-electron chi connectivity index (χ0n) is 18.1. The summed E-state index contributed by atoms with van der Waals surface area (Å²) in [5, 5.41) is 14.8. The summed E-state index contributed by atoms with van der Waals surface area (Å²) >= 11 is 0. The SMILES string of the molecule is N#CC(=Cc1cn(-c2ccccc2)nc1-c1ccc2c(c1)OCCO2)c1nc2ccccc2[nH]1. The monoisotopic (exact) mass is 445 g/mol. The van der Waals surface area contributed by atoms with Gasteiger partial charge in [0.1, 0.15) is 30.8 Å². The van der Waals surface area contributed by atoms with Gasteiger partial charge >= 0.3 is 0 Å². The van der Waals surface area contributed by atoms with Crippen LogP contribution in [0.1, 0.15) is 11.4 Å². The molecule has 7 nitrogen and oxygen atoms in total. The van der Waals surface area contributed by atoms with Crippen LogP contribution in [0.5, 0.6) is 11.5 Å². The number of rotatable bonds is 4. The van der Waals surface area contributed by atoms with Crippen molar-refractivity contribution >= 4 is 22.7 Å². The summed E-state index contributed by atoms with van der Waals surface area (Å²) < 4.78 is 13.3. The van der Waals surface area contributed by atoms with Crippen LogP contribution in [-0.2, 0) is 0 Å². The summed E-state index contributed by atoms with van der Waals surface area (Å²) in [7, 11) is 0. The van der Waals surface area contributed by atoms with Crippen molar-refractivity contribution in [3.05, 3.63) is 90.4 Å². The molecule has 7 heteroatoms. The van der Waals surface area contributed by atoms with E-state index in [1.54, 1.807) is 0 Å². The van der Waals surface area contributed by atoms with E-state index in [9.17, 15) is 5.26 Å². The smallest absolute Gasteiger partial charge is 0.162 e. The molecule has 3 heterocycles. The second-order valence-electron chi connectivity index (χ2n) is 7.84. The number of nitrogens with one attached hydrogen (secondary N) is 1. The van der Waals surface area contributed by atoms with E-state index in [-0.39, 0.29) is 0 Å². The summed E-state index contributed by atoms with van der Waals surface area (Å²) in [6, 6.07) is 25.6. The number of aromatic amines is 1. The molecule has 0 radical (unpaired) electrons. The largest absolute Gasteiger partial charge is 0.486 e. The third-order valence-electron chi connectivity index (χ3n) is 5.64. The number of H-pyrrole nitrogens is 1. The predicted octanol–water partition coefficient (Wildman–Crippen LogP) is 5.25. The van der Waals surface area contributed by atoms with Gasteiger partial charge in [-0.3, -0.25) is 0 Å². The van der Waals surface area contributed by atoms with Crippen molar-refractivity contribution in [2.75, 3.05) is 13.2 Å². The van der Waals surface area contributed by atoms with Crippen molar-refractivity contribution in [3.8, 4) is 34.5 Å². The molecule has 0 saturated heterocycles. The zero-order chi connectivity index (χ0) is 22.9. The number of hydrogen-bond donors (Lipinski definition) is 1. The molecule has 0 atom stereocenters. The topological polar surface area (TPSA) is 88.8 Å². The van der Waals surface area contributed by atoms with Crippen molar-refractivity contribution in [1.82, 2.24) is 19.7 Å². The van der Waals surface area contributed by atoms with Crippen LogP contribution in [0, 0.1) is 11.3 Å². The Morgan fingerprint density at radius 3 is 2.59 bits per heavy atom. The summed E-state index contributed by atoms with van der Waals surface area (Å²) in [5.74, 6) is 1.92.